The molecule has 0 radical (unpaired) electrons. The monoisotopic (exact) mass is 805 g/mol. The summed E-state index contributed by atoms with van der Waals surface area (Å²) in [4.78, 5) is 25.3. The zero-order chi connectivity index (χ0) is 42.1. The molecule has 1 unspecified atom stereocenters. The highest BCUT2D eigenvalue weighted by atomic mass is 16.6. The predicted octanol–water partition coefficient (Wildman–Crippen LogP) is 15.9. The van der Waals surface area contributed by atoms with Crippen molar-refractivity contribution in [3.8, 4) is 0 Å². The Morgan fingerprint density at radius 1 is 0.397 bits per heavy atom. The van der Waals surface area contributed by atoms with Gasteiger partial charge in [-0.3, -0.25) is 9.59 Å². The van der Waals surface area contributed by atoms with Gasteiger partial charge in [-0.15, -0.1) is 0 Å². The highest BCUT2D eigenvalue weighted by Crippen LogP contribution is 2.12. The highest BCUT2D eigenvalue weighted by Gasteiger charge is 2.17. The molecule has 0 heterocycles. The average Bonchev–Trinajstić information content (AvgIpc) is 3.22. The molecule has 0 aliphatic rings. The number of hydrogen-bond acceptors (Lipinski definition) is 5. The molecule has 5 nitrogen and oxygen atoms in total. The second-order valence-corrected chi connectivity index (χ2v) is 15.2. The SMILES string of the molecule is CC/C=C\C/C=C\C/C=C\C/C=C\CCCCCCC(=O)OCC(COCCCCCCCC/C=C\CCCC)OC(=O)CCCCC/C=C\C/C=C\C/C=C\CC. The van der Waals surface area contributed by atoms with Crippen molar-refractivity contribution < 1.29 is 23.8 Å². The lowest BCUT2D eigenvalue weighted by Crippen LogP contribution is -2.30. The van der Waals surface area contributed by atoms with Gasteiger partial charge in [-0.2, -0.15) is 0 Å². The molecule has 0 aromatic rings. The molecule has 0 saturated carbocycles. The van der Waals surface area contributed by atoms with E-state index in [2.05, 4.69) is 118 Å². The van der Waals surface area contributed by atoms with Gasteiger partial charge in [0.1, 0.15) is 6.61 Å². The van der Waals surface area contributed by atoms with E-state index < -0.39 is 6.10 Å². The largest absolute Gasteiger partial charge is 0.462 e. The van der Waals surface area contributed by atoms with E-state index in [9.17, 15) is 9.59 Å². The van der Waals surface area contributed by atoms with Crippen LogP contribution >= 0.6 is 0 Å². The van der Waals surface area contributed by atoms with Crippen LogP contribution in [0.1, 0.15) is 201 Å². The molecule has 0 fully saturated rings. The van der Waals surface area contributed by atoms with E-state index in [1.165, 1.54) is 51.4 Å². The van der Waals surface area contributed by atoms with Crippen LogP contribution in [0.2, 0.25) is 0 Å². The zero-order valence-electron chi connectivity index (χ0n) is 37.8. The number of unbranched alkanes of at least 4 members (excludes halogenated alkanes) is 15. The summed E-state index contributed by atoms with van der Waals surface area (Å²) < 4.78 is 17.3. The van der Waals surface area contributed by atoms with Crippen molar-refractivity contribution >= 4 is 11.9 Å². The second-order valence-electron chi connectivity index (χ2n) is 15.2. The van der Waals surface area contributed by atoms with Gasteiger partial charge in [-0.25, -0.2) is 0 Å². The first-order valence-corrected chi connectivity index (χ1v) is 23.8. The lowest BCUT2D eigenvalue weighted by atomic mass is 10.1. The minimum absolute atomic E-state index is 0.0530. The molecule has 0 aliphatic heterocycles. The van der Waals surface area contributed by atoms with E-state index in [1.807, 2.05) is 0 Å². The van der Waals surface area contributed by atoms with Crippen molar-refractivity contribution in [2.75, 3.05) is 19.8 Å². The maximum absolute atomic E-state index is 12.7. The Morgan fingerprint density at radius 3 is 1.28 bits per heavy atom. The first-order valence-electron chi connectivity index (χ1n) is 23.8. The lowest BCUT2D eigenvalue weighted by Gasteiger charge is -2.18. The van der Waals surface area contributed by atoms with Gasteiger partial charge in [0.15, 0.2) is 6.10 Å². The molecule has 0 rings (SSSR count). The molecule has 0 N–H and O–H groups in total. The summed E-state index contributed by atoms with van der Waals surface area (Å²) in [7, 11) is 0. The average molecular weight is 805 g/mol. The third-order valence-electron chi connectivity index (χ3n) is 9.58. The smallest absolute Gasteiger partial charge is 0.306 e. The minimum Gasteiger partial charge on any atom is -0.462 e. The van der Waals surface area contributed by atoms with Gasteiger partial charge in [-0.1, -0.05) is 176 Å². The number of hydrogen-bond donors (Lipinski definition) is 0. The fraction of sp³-hybridized carbons (Fsp3) is 0.660. The minimum atomic E-state index is -0.568. The molecule has 0 aromatic heterocycles. The third-order valence-corrected chi connectivity index (χ3v) is 9.58. The zero-order valence-corrected chi connectivity index (χ0v) is 37.8. The van der Waals surface area contributed by atoms with Crippen LogP contribution in [0.25, 0.3) is 0 Å². The summed E-state index contributed by atoms with van der Waals surface area (Å²) in [6, 6.07) is 0. The molecular formula is C53H88O5. The van der Waals surface area contributed by atoms with E-state index in [4.69, 9.17) is 14.2 Å². The van der Waals surface area contributed by atoms with E-state index in [1.54, 1.807) is 0 Å². The van der Waals surface area contributed by atoms with Gasteiger partial charge in [0.2, 0.25) is 0 Å². The van der Waals surface area contributed by atoms with Gasteiger partial charge >= 0.3 is 11.9 Å². The van der Waals surface area contributed by atoms with E-state index in [0.29, 0.717) is 19.4 Å². The molecule has 0 saturated heterocycles. The Bertz CT molecular complexity index is 1140. The van der Waals surface area contributed by atoms with Crippen molar-refractivity contribution in [1.29, 1.82) is 0 Å². The fourth-order valence-corrected chi connectivity index (χ4v) is 6.08. The standard InChI is InChI=1S/C53H88O5/c1-4-7-10-13-16-19-22-25-26-27-28-30-31-34-37-40-43-46-52(54)57-50-51(49-56-48-45-42-39-36-33-24-21-18-15-12-9-6-3)58-53(55)47-44-41-38-35-32-29-23-20-17-14-11-8-5-2/h7-8,10-11,15-20,25-26,28-30,32,51H,4-6,9,12-14,21-24,27,31,33-50H2,1-3H3/b10-7-,11-8-,18-15-,19-16-,20-17-,26-25-,30-28-,32-29-. The third kappa shape index (κ3) is 45.5. The van der Waals surface area contributed by atoms with Gasteiger partial charge < -0.3 is 14.2 Å². The normalized spacial score (nSPS) is 13.1. The maximum atomic E-state index is 12.7. The summed E-state index contributed by atoms with van der Waals surface area (Å²) in [6.07, 6.45) is 64.1. The van der Waals surface area contributed by atoms with Crippen LogP contribution < -0.4 is 0 Å². The number of ether oxygens (including phenoxy) is 3. The Kier molecular flexibility index (Phi) is 45.5. The number of rotatable bonds is 42. The predicted molar refractivity (Wildman–Crippen MR) is 251 cm³/mol. The number of esters is 2. The molecule has 0 spiro atoms. The van der Waals surface area contributed by atoms with Gasteiger partial charge in [0.05, 0.1) is 6.61 Å². The van der Waals surface area contributed by atoms with Gasteiger partial charge in [0, 0.05) is 19.4 Å². The maximum Gasteiger partial charge on any atom is 0.306 e. The molecule has 0 aromatic carbocycles. The van der Waals surface area contributed by atoms with Crippen LogP contribution in [0.5, 0.6) is 0 Å². The van der Waals surface area contributed by atoms with Crippen LogP contribution in [0.15, 0.2) is 97.2 Å². The Balaban J connectivity index is 4.36. The summed E-state index contributed by atoms with van der Waals surface area (Å²) >= 11 is 0. The van der Waals surface area contributed by atoms with E-state index in [0.717, 1.165) is 116 Å². The first kappa shape index (κ1) is 54.8. The molecule has 330 valence electrons. The van der Waals surface area contributed by atoms with Crippen LogP contribution in [-0.4, -0.2) is 37.9 Å². The molecule has 0 amide bonds. The second kappa shape index (κ2) is 48.2. The van der Waals surface area contributed by atoms with Crippen LogP contribution in [-0.2, 0) is 23.8 Å². The van der Waals surface area contributed by atoms with Crippen molar-refractivity contribution in [1.82, 2.24) is 0 Å². The Morgan fingerprint density at radius 2 is 0.776 bits per heavy atom. The van der Waals surface area contributed by atoms with Crippen LogP contribution in [0.4, 0.5) is 0 Å². The van der Waals surface area contributed by atoms with Crippen molar-refractivity contribution in [2.24, 2.45) is 0 Å². The molecular weight excluding hydrogens is 717 g/mol. The van der Waals surface area contributed by atoms with Gasteiger partial charge in [-0.05, 0) is 109 Å². The van der Waals surface area contributed by atoms with Gasteiger partial charge in [0.25, 0.3) is 0 Å². The number of allylic oxidation sites excluding steroid dienone is 16. The Labute approximate surface area is 358 Å². The molecule has 0 bridgehead atoms. The van der Waals surface area contributed by atoms with Crippen molar-refractivity contribution in [3.05, 3.63) is 97.2 Å². The molecule has 5 heteroatoms. The number of carbonyl (C=O) groups is 2. The lowest BCUT2D eigenvalue weighted by molar-refractivity contribution is -0.163. The van der Waals surface area contributed by atoms with Crippen LogP contribution in [0.3, 0.4) is 0 Å². The van der Waals surface area contributed by atoms with Crippen molar-refractivity contribution in [2.45, 2.75) is 207 Å². The summed E-state index contributed by atoms with van der Waals surface area (Å²) in [5.74, 6) is -0.468. The first-order chi connectivity index (χ1) is 28.6. The summed E-state index contributed by atoms with van der Waals surface area (Å²) in [5, 5.41) is 0. The molecule has 0 aliphatic carbocycles. The van der Waals surface area contributed by atoms with E-state index >= 15 is 0 Å². The van der Waals surface area contributed by atoms with Crippen LogP contribution in [0, 0.1) is 0 Å². The van der Waals surface area contributed by atoms with Crippen molar-refractivity contribution in [3.63, 3.8) is 0 Å². The summed E-state index contributed by atoms with van der Waals surface area (Å²) in [6.45, 7) is 7.48. The molecule has 58 heavy (non-hydrogen) atoms. The Hall–Kier alpha value is -3.18. The molecule has 1 atom stereocenters. The van der Waals surface area contributed by atoms with E-state index in [-0.39, 0.29) is 25.2 Å². The topological polar surface area (TPSA) is 61.8 Å². The number of carbonyl (C=O) groups excluding carboxylic acids is 2. The summed E-state index contributed by atoms with van der Waals surface area (Å²) in [5.41, 5.74) is 0. The fourth-order valence-electron chi connectivity index (χ4n) is 6.08. The highest BCUT2D eigenvalue weighted by molar-refractivity contribution is 5.70. The quantitative estimate of drug-likeness (QED) is 0.0349.